The maximum atomic E-state index is 12.7. The van der Waals surface area contributed by atoms with Gasteiger partial charge in [0, 0.05) is 19.9 Å². The molecule has 0 spiro atoms. The highest BCUT2D eigenvalue weighted by Crippen LogP contribution is 2.20. The van der Waals surface area contributed by atoms with Gasteiger partial charge in [-0.25, -0.2) is 9.97 Å². The van der Waals surface area contributed by atoms with Gasteiger partial charge in [-0.3, -0.25) is 4.79 Å². The van der Waals surface area contributed by atoms with Crippen LogP contribution in [0.4, 0.5) is 0 Å². The summed E-state index contributed by atoms with van der Waals surface area (Å²) in [5.74, 6) is 0.575. The molecule has 0 radical (unpaired) electrons. The van der Waals surface area contributed by atoms with Crippen molar-refractivity contribution in [2.24, 2.45) is 0 Å². The minimum Gasteiger partial charge on any atom is -0.490 e. The van der Waals surface area contributed by atoms with Crippen LogP contribution >= 0.6 is 0 Å². The van der Waals surface area contributed by atoms with Crippen molar-refractivity contribution >= 4 is 5.91 Å². The molecule has 0 N–H and O–H groups in total. The summed E-state index contributed by atoms with van der Waals surface area (Å²) in [5.41, 5.74) is -0.388. The minimum atomic E-state index is -0.741. The van der Waals surface area contributed by atoms with E-state index in [-0.39, 0.29) is 12.5 Å². The Kier molecular flexibility index (Phi) is 5.57. The average molecular weight is 343 g/mol. The summed E-state index contributed by atoms with van der Waals surface area (Å²) >= 11 is 0. The normalized spacial score (nSPS) is 20.8. The Balaban J connectivity index is 1.73. The number of aromatic nitrogens is 2. The first-order chi connectivity index (χ1) is 12.2. The number of benzene rings is 1. The molecule has 2 heterocycles. The number of rotatable bonds is 5. The van der Waals surface area contributed by atoms with Crippen LogP contribution in [0, 0.1) is 0 Å². The Labute approximate surface area is 146 Å². The lowest BCUT2D eigenvalue weighted by Gasteiger charge is -2.33. The van der Waals surface area contributed by atoms with Crippen molar-refractivity contribution in [3.05, 3.63) is 54.6 Å². The lowest BCUT2D eigenvalue weighted by molar-refractivity contribution is -0.0899. The van der Waals surface area contributed by atoms with Gasteiger partial charge in [-0.15, -0.1) is 0 Å². The highest BCUT2D eigenvalue weighted by Gasteiger charge is 2.38. The molecule has 2 aromatic rings. The van der Waals surface area contributed by atoms with Crippen LogP contribution in [-0.4, -0.2) is 66.4 Å². The molecule has 1 atom stereocenters. The molecule has 132 valence electrons. The number of methoxy groups -OCH3 is 1. The number of carbonyl (C=O) groups is 1. The van der Waals surface area contributed by atoms with Gasteiger partial charge in [-0.05, 0) is 18.2 Å². The van der Waals surface area contributed by atoms with E-state index in [2.05, 4.69) is 9.97 Å². The third-order valence-electron chi connectivity index (χ3n) is 4.12. The Morgan fingerprint density at radius 3 is 2.88 bits per heavy atom. The number of amides is 1. The van der Waals surface area contributed by atoms with Crippen molar-refractivity contribution in [3.63, 3.8) is 0 Å². The number of carbonyl (C=O) groups excluding carboxylic acids is 1. The minimum absolute atomic E-state index is 0.172. The Bertz CT molecular complexity index is 683. The van der Waals surface area contributed by atoms with Crippen molar-refractivity contribution in [1.82, 2.24) is 14.9 Å². The molecular weight excluding hydrogens is 322 g/mol. The number of ether oxygens (including phenoxy) is 3. The second-order valence-corrected chi connectivity index (χ2v) is 5.86. The van der Waals surface area contributed by atoms with E-state index in [9.17, 15) is 4.79 Å². The van der Waals surface area contributed by atoms with Crippen molar-refractivity contribution in [3.8, 4) is 5.75 Å². The first kappa shape index (κ1) is 17.3. The van der Waals surface area contributed by atoms with E-state index in [0.29, 0.717) is 32.0 Å². The zero-order valence-corrected chi connectivity index (χ0v) is 14.1. The third-order valence-corrected chi connectivity index (χ3v) is 4.12. The van der Waals surface area contributed by atoms with Gasteiger partial charge in [-0.2, -0.15) is 0 Å². The van der Waals surface area contributed by atoms with Crippen molar-refractivity contribution < 1.29 is 19.0 Å². The second kappa shape index (κ2) is 8.04. The molecule has 25 heavy (non-hydrogen) atoms. The van der Waals surface area contributed by atoms with Gasteiger partial charge in [-0.1, -0.05) is 18.2 Å². The van der Waals surface area contributed by atoms with Crippen LogP contribution in [0.15, 0.2) is 48.9 Å². The molecule has 1 aliphatic heterocycles. The molecule has 1 aromatic carbocycles. The first-order valence-corrected chi connectivity index (χ1v) is 8.08. The molecule has 0 saturated carbocycles. The number of nitrogens with zero attached hydrogens (tertiary/aromatic N) is 3. The number of hydrogen-bond donors (Lipinski definition) is 0. The van der Waals surface area contributed by atoms with Crippen molar-refractivity contribution in [1.29, 1.82) is 0 Å². The van der Waals surface area contributed by atoms with Gasteiger partial charge in [0.1, 0.15) is 30.0 Å². The summed E-state index contributed by atoms with van der Waals surface area (Å²) in [6.07, 6.45) is 2.92. The maximum Gasteiger partial charge on any atom is 0.272 e. The summed E-state index contributed by atoms with van der Waals surface area (Å²) < 4.78 is 17.3. The highest BCUT2D eigenvalue weighted by atomic mass is 16.6. The standard InChI is InChI=1S/C18H21N3O4/c1-23-18(13-25-15-5-3-2-4-6-15)11-21(9-10-24-12-18)17(22)16-7-8-19-14-20-16/h2-8,14H,9-13H2,1H3. The summed E-state index contributed by atoms with van der Waals surface area (Å²) in [7, 11) is 1.61. The summed E-state index contributed by atoms with van der Waals surface area (Å²) in [6.45, 7) is 1.90. The fourth-order valence-corrected chi connectivity index (χ4v) is 2.66. The number of hydrogen-bond acceptors (Lipinski definition) is 6. The SMILES string of the molecule is COC1(COc2ccccc2)COCCN(C(=O)c2ccncn2)C1. The predicted octanol–water partition coefficient (Wildman–Crippen LogP) is 1.41. The molecular formula is C18H21N3O4. The van der Waals surface area contributed by atoms with E-state index in [4.69, 9.17) is 14.2 Å². The molecule has 1 aliphatic rings. The smallest absolute Gasteiger partial charge is 0.272 e. The monoisotopic (exact) mass is 343 g/mol. The Hall–Kier alpha value is -2.51. The van der Waals surface area contributed by atoms with Gasteiger partial charge >= 0.3 is 0 Å². The fourth-order valence-electron chi connectivity index (χ4n) is 2.66. The predicted molar refractivity (Wildman–Crippen MR) is 90.4 cm³/mol. The molecule has 0 aliphatic carbocycles. The first-order valence-electron chi connectivity index (χ1n) is 8.08. The van der Waals surface area contributed by atoms with E-state index in [1.54, 1.807) is 24.3 Å². The summed E-state index contributed by atoms with van der Waals surface area (Å²) in [5, 5.41) is 0. The van der Waals surface area contributed by atoms with Crippen LogP contribution in [-0.2, 0) is 9.47 Å². The molecule has 7 heteroatoms. The molecule has 7 nitrogen and oxygen atoms in total. The molecule has 0 bridgehead atoms. The molecule has 1 aromatic heterocycles. The zero-order chi connectivity index (χ0) is 17.5. The Morgan fingerprint density at radius 1 is 1.32 bits per heavy atom. The van der Waals surface area contributed by atoms with Gasteiger partial charge in [0.15, 0.2) is 0 Å². The topological polar surface area (TPSA) is 73.8 Å². The van der Waals surface area contributed by atoms with Gasteiger partial charge in [0.2, 0.25) is 0 Å². The highest BCUT2D eigenvalue weighted by molar-refractivity contribution is 5.92. The lowest BCUT2D eigenvalue weighted by Crippen LogP contribution is -2.51. The van der Waals surface area contributed by atoms with Crippen LogP contribution in [0.25, 0.3) is 0 Å². The third kappa shape index (κ3) is 4.32. The van der Waals surface area contributed by atoms with Crippen molar-refractivity contribution in [2.75, 3.05) is 40.0 Å². The van der Waals surface area contributed by atoms with E-state index in [1.165, 1.54) is 6.33 Å². The van der Waals surface area contributed by atoms with E-state index >= 15 is 0 Å². The number of para-hydroxylation sites is 1. The van der Waals surface area contributed by atoms with Crippen LogP contribution in [0.2, 0.25) is 0 Å². The van der Waals surface area contributed by atoms with Gasteiger partial charge in [0.05, 0.1) is 19.8 Å². The lowest BCUT2D eigenvalue weighted by atomic mass is 10.1. The van der Waals surface area contributed by atoms with Gasteiger partial charge < -0.3 is 19.1 Å². The summed E-state index contributed by atoms with van der Waals surface area (Å²) in [4.78, 5) is 22.3. The molecule has 1 fully saturated rings. The maximum absolute atomic E-state index is 12.7. The van der Waals surface area contributed by atoms with E-state index in [1.807, 2.05) is 30.3 Å². The second-order valence-electron chi connectivity index (χ2n) is 5.86. The van der Waals surface area contributed by atoms with E-state index < -0.39 is 5.60 Å². The van der Waals surface area contributed by atoms with E-state index in [0.717, 1.165) is 5.75 Å². The molecule has 1 amide bonds. The molecule has 1 unspecified atom stereocenters. The van der Waals surface area contributed by atoms with Gasteiger partial charge in [0.25, 0.3) is 5.91 Å². The summed E-state index contributed by atoms with van der Waals surface area (Å²) in [6, 6.07) is 11.1. The quantitative estimate of drug-likeness (QED) is 0.817. The largest absolute Gasteiger partial charge is 0.490 e. The van der Waals surface area contributed by atoms with Crippen LogP contribution in [0.1, 0.15) is 10.5 Å². The van der Waals surface area contributed by atoms with Crippen LogP contribution in [0.5, 0.6) is 5.75 Å². The fraction of sp³-hybridized carbons (Fsp3) is 0.389. The Morgan fingerprint density at radius 2 is 2.16 bits per heavy atom. The zero-order valence-electron chi connectivity index (χ0n) is 14.1. The molecule has 3 rings (SSSR count). The van der Waals surface area contributed by atoms with Crippen molar-refractivity contribution in [2.45, 2.75) is 5.60 Å². The average Bonchev–Trinajstić information content (AvgIpc) is 2.91. The van der Waals surface area contributed by atoms with Crippen LogP contribution in [0.3, 0.4) is 0 Å². The van der Waals surface area contributed by atoms with Crippen LogP contribution < -0.4 is 4.74 Å². The molecule has 1 saturated heterocycles.